The number of carbonyl (C=O) groups excluding carboxylic acids is 1. The van der Waals surface area contributed by atoms with Gasteiger partial charge in [-0.2, -0.15) is 5.10 Å². The first-order chi connectivity index (χ1) is 13.2. The predicted octanol–water partition coefficient (Wildman–Crippen LogP) is 0.801. The number of aliphatic hydroxyl groups is 1. The van der Waals surface area contributed by atoms with Crippen molar-refractivity contribution in [1.82, 2.24) is 24.6 Å². The highest BCUT2D eigenvalue weighted by Gasteiger charge is 2.48. The SMILES string of the molecule is O=C(CCn1cccn1)N1CCC2(CC1)CN(c1ccncn1)C[C@@H]2CO. The fourth-order valence-electron chi connectivity index (χ4n) is 4.50. The number of nitrogens with zero attached hydrogens (tertiary/aromatic N) is 6. The Morgan fingerprint density at radius 1 is 1.30 bits per heavy atom. The Kier molecular flexibility index (Phi) is 5.07. The van der Waals surface area contributed by atoms with E-state index >= 15 is 0 Å². The smallest absolute Gasteiger partial charge is 0.224 e. The molecule has 144 valence electrons. The number of carbonyl (C=O) groups is 1. The molecule has 4 heterocycles. The van der Waals surface area contributed by atoms with Crippen molar-refractivity contribution in [2.45, 2.75) is 25.8 Å². The zero-order valence-corrected chi connectivity index (χ0v) is 15.4. The number of rotatable bonds is 5. The number of amides is 1. The Bertz CT molecular complexity index is 743. The Morgan fingerprint density at radius 2 is 2.15 bits per heavy atom. The van der Waals surface area contributed by atoms with Crippen molar-refractivity contribution < 1.29 is 9.90 Å². The molecular formula is C19H26N6O2. The summed E-state index contributed by atoms with van der Waals surface area (Å²) in [6.45, 7) is 3.99. The fourth-order valence-corrected chi connectivity index (χ4v) is 4.50. The maximum absolute atomic E-state index is 12.5. The molecule has 0 aromatic carbocycles. The van der Waals surface area contributed by atoms with Gasteiger partial charge in [0.1, 0.15) is 12.1 Å². The third kappa shape index (κ3) is 3.66. The van der Waals surface area contributed by atoms with Crippen molar-refractivity contribution in [3.05, 3.63) is 37.1 Å². The van der Waals surface area contributed by atoms with Crippen molar-refractivity contribution in [3.8, 4) is 0 Å². The summed E-state index contributed by atoms with van der Waals surface area (Å²) in [6.07, 6.45) is 9.25. The molecular weight excluding hydrogens is 344 g/mol. The minimum Gasteiger partial charge on any atom is -0.396 e. The van der Waals surface area contributed by atoms with Gasteiger partial charge in [-0.05, 0) is 30.4 Å². The first-order valence-electron chi connectivity index (χ1n) is 9.57. The van der Waals surface area contributed by atoms with Gasteiger partial charge in [0.15, 0.2) is 0 Å². The van der Waals surface area contributed by atoms with Crippen molar-refractivity contribution in [2.24, 2.45) is 11.3 Å². The van der Waals surface area contributed by atoms with E-state index in [4.69, 9.17) is 0 Å². The van der Waals surface area contributed by atoms with Crippen LogP contribution < -0.4 is 4.90 Å². The monoisotopic (exact) mass is 370 g/mol. The molecule has 0 radical (unpaired) electrons. The van der Waals surface area contributed by atoms with Crippen LogP contribution in [0.25, 0.3) is 0 Å². The first-order valence-corrected chi connectivity index (χ1v) is 9.57. The van der Waals surface area contributed by atoms with Crippen molar-refractivity contribution in [1.29, 1.82) is 0 Å². The van der Waals surface area contributed by atoms with Crippen molar-refractivity contribution in [2.75, 3.05) is 37.7 Å². The van der Waals surface area contributed by atoms with Gasteiger partial charge in [-0.3, -0.25) is 9.48 Å². The zero-order valence-electron chi connectivity index (χ0n) is 15.4. The summed E-state index contributed by atoms with van der Waals surface area (Å²) in [4.78, 5) is 25.1. The molecule has 0 aliphatic carbocycles. The molecule has 8 nitrogen and oxygen atoms in total. The van der Waals surface area contributed by atoms with Gasteiger partial charge in [0.2, 0.25) is 5.91 Å². The molecule has 0 bridgehead atoms. The summed E-state index contributed by atoms with van der Waals surface area (Å²) in [5, 5.41) is 14.1. The van der Waals surface area contributed by atoms with Gasteiger partial charge in [-0.15, -0.1) is 0 Å². The van der Waals surface area contributed by atoms with Crippen molar-refractivity contribution >= 4 is 11.7 Å². The van der Waals surface area contributed by atoms with Crippen LogP contribution >= 0.6 is 0 Å². The van der Waals surface area contributed by atoms with Gasteiger partial charge >= 0.3 is 0 Å². The van der Waals surface area contributed by atoms with Gasteiger partial charge in [-0.25, -0.2) is 9.97 Å². The van der Waals surface area contributed by atoms with E-state index in [-0.39, 0.29) is 23.8 Å². The number of anilines is 1. The van der Waals surface area contributed by atoms with Crippen LogP contribution in [0, 0.1) is 11.3 Å². The van der Waals surface area contributed by atoms with E-state index in [2.05, 4.69) is 20.0 Å². The summed E-state index contributed by atoms with van der Waals surface area (Å²) in [6, 6.07) is 3.79. The van der Waals surface area contributed by atoms with Gasteiger partial charge < -0.3 is 14.9 Å². The lowest BCUT2D eigenvalue weighted by Gasteiger charge is -2.42. The summed E-state index contributed by atoms with van der Waals surface area (Å²) in [5.41, 5.74) is 0.0540. The van der Waals surface area contributed by atoms with E-state index in [9.17, 15) is 9.90 Å². The molecule has 2 saturated heterocycles. The van der Waals surface area contributed by atoms with Crippen LogP contribution in [-0.2, 0) is 11.3 Å². The highest BCUT2D eigenvalue weighted by molar-refractivity contribution is 5.76. The zero-order chi connectivity index (χ0) is 18.7. The van der Waals surface area contributed by atoms with E-state index < -0.39 is 0 Å². The van der Waals surface area contributed by atoms with E-state index in [0.717, 1.165) is 44.8 Å². The molecule has 4 rings (SSSR count). The standard InChI is InChI=1S/C19H26N6O2/c26-13-16-12-24(17-2-7-20-15-21-17)14-19(16)4-10-23(11-5-19)18(27)3-9-25-8-1-6-22-25/h1-2,6-8,15-16,26H,3-5,9-14H2/t16-/m1/s1. The predicted molar refractivity (Wildman–Crippen MR) is 99.9 cm³/mol. The fraction of sp³-hybridized carbons (Fsp3) is 0.579. The van der Waals surface area contributed by atoms with Gasteiger partial charge in [0.25, 0.3) is 0 Å². The van der Waals surface area contributed by atoms with Crippen LogP contribution in [0.1, 0.15) is 19.3 Å². The summed E-state index contributed by atoms with van der Waals surface area (Å²) in [7, 11) is 0. The normalized spacial score (nSPS) is 21.7. The second kappa shape index (κ2) is 7.64. The van der Waals surface area contributed by atoms with E-state index in [1.807, 2.05) is 23.2 Å². The maximum atomic E-state index is 12.5. The number of hydrogen-bond donors (Lipinski definition) is 1. The van der Waals surface area contributed by atoms with E-state index in [1.54, 1.807) is 23.4 Å². The lowest BCUT2D eigenvalue weighted by Crippen LogP contribution is -2.47. The highest BCUT2D eigenvalue weighted by atomic mass is 16.3. The number of aliphatic hydroxyl groups excluding tert-OH is 1. The van der Waals surface area contributed by atoms with Gasteiger partial charge in [0.05, 0.1) is 0 Å². The molecule has 0 unspecified atom stereocenters. The Labute approximate surface area is 158 Å². The molecule has 2 aromatic heterocycles. The minimum atomic E-state index is 0.0540. The Balaban J connectivity index is 1.36. The summed E-state index contributed by atoms with van der Waals surface area (Å²) < 4.78 is 1.79. The molecule has 2 aromatic rings. The molecule has 2 fully saturated rings. The van der Waals surface area contributed by atoms with Crippen LogP contribution in [0.5, 0.6) is 0 Å². The second-order valence-electron chi connectivity index (χ2n) is 7.59. The first kappa shape index (κ1) is 17.9. The molecule has 1 amide bonds. The molecule has 1 N–H and O–H groups in total. The van der Waals surface area contributed by atoms with Crippen LogP contribution in [-0.4, -0.2) is 68.4 Å². The molecule has 0 saturated carbocycles. The topological polar surface area (TPSA) is 87.4 Å². The molecule has 27 heavy (non-hydrogen) atoms. The molecule has 1 spiro atoms. The second-order valence-corrected chi connectivity index (χ2v) is 7.59. The molecule has 2 aliphatic heterocycles. The van der Waals surface area contributed by atoms with Crippen molar-refractivity contribution in [3.63, 3.8) is 0 Å². The number of piperidine rings is 1. The number of aromatic nitrogens is 4. The number of hydrogen-bond acceptors (Lipinski definition) is 6. The Hall–Kier alpha value is -2.48. The molecule has 2 aliphatic rings. The van der Waals surface area contributed by atoms with Gasteiger partial charge in [0, 0.05) is 70.3 Å². The quantitative estimate of drug-likeness (QED) is 0.838. The number of aryl methyl sites for hydroxylation is 1. The third-order valence-corrected chi connectivity index (χ3v) is 6.15. The summed E-state index contributed by atoms with van der Waals surface area (Å²) >= 11 is 0. The average Bonchev–Trinajstić information content (AvgIpc) is 3.35. The lowest BCUT2D eigenvalue weighted by molar-refractivity contribution is -0.134. The van der Waals surface area contributed by atoms with Gasteiger partial charge in [-0.1, -0.05) is 0 Å². The lowest BCUT2D eigenvalue weighted by atomic mass is 9.71. The Morgan fingerprint density at radius 3 is 2.81 bits per heavy atom. The minimum absolute atomic E-state index is 0.0540. The average molecular weight is 370 g/mol. The maximum Gasteiger partial charge on any atom is 0.224 e. The highest BCUT2D eigenvalue weighted by Crippen LogP contribution is 2.45. The van der Waals surface area contributed by atoms with E-state index in [1.165, 1.54) is 0 Å². The van der Waals surface area contributed by atoms with E-state index in [0.29, 0.717) is 13.0 Å². The van der Waals surface area contributed by atoms with Crippen LogP contribution in [0.3, 0.4) is 0 Å². The summed E-state index contributed by atoms with van der Waals surface area (Å²) in [5.74, 6) is 1.32. The van der Waals surface area contributed by atoms with Crippen LogP contribution in [0.4, 0.5) is 5.82 Å². The molecule has 1 atom stereocenters. The third-order valence-electron chi connectivity index (χ3n) is 6.15. The largest absolute Gasteiger partial charge is 0.396 e. The molecule has 8 heteroatoms. The van der Waals surface area contributed by atoms with Crippen LogP contribution in [0.15, 0.2) is 37.1 Å². The number of likely N-dealkylation sites (tertiary alicyclic amines) is 1. The van der Waals surface area contributed by atoms with Crippen LogP contribution in [0.2, 0.25) is 0 Å².